The van der Waals surface area contributed by atoms with Crippen LogP contribution in [0.3, 0.4) is 0 Å². The van der Waals surface area contributed by atoms with E-state index in [1.54, 1.807) is 31.1 Å². The predicted molar refractivity (Wildman–Crippen MR) is 68.5 cm³/mol. The summed E-state index contributed by atoms with van der Waals surface area (Å²) in [5, 5.41) is 0.0280. The molecule has 0 spiro atoms. The van der Waals surface area contributed by atoms with Crippen molar-refractivity contribution in [2.75, 3.05) is 19.0 Å². The van der Waals surface area contributed by atoms with Crippen LogP contribution in [0.15, 0.2) is 29.1 Å². The normalized spacial score (nSPS) is 11.9. The second-order valence-corrected chi connectivity index (χ2v) is 4.55. The van der Waals surface area contributed by atoms with Crippen LogP contribution in [0.4, 0.5) is 18.9 Å². The maximum absolute atomic E-state index is 12.9. The highest BCUT2D eigenvalue weighted by Gasteiger charge is 2.33. The van der Waals surface area contributed by atoms with Crippen molar-refractivity contribution in [2.45, 2.75) is 6.18 Å². The Labute approximate surface area is 107 Å². The van der Waals surface area contributed by atoms with E-state index in [1.165, 1.54) is 17.7 Å². The van der Waals surface area contributed by atoms with Gasteiger partial charge in [-0.15, -0.1) is 0 Å². The van der Waals surface area contributed by atoms with E-state index in [0.29, 0.717) is 6.07 Å². The van der Waals surface area contributed by atoms with Crippen LogP contribution in [0.5, 0.6) is 0 Å². The molecule has 6 heteroatoms. The Kier molecular flexibility index (Phi) is 3.04. The van der Waals surface area contributed by atoms with E-state index in [1.807, 2.05) is 0 Å². The zero-order valence-corrected chi connectivity index (χ0v) is 10.7. The zero-order valence-electron chi connectivity index (χ0n) is 10.7. The zero-order chi connectivity index (χ0) is 14.4. The van der Waals surface area contributed by atoms with Gasteiger partial charge in [-0.2, -0.15) is 13.2 Å². The minimum atomic E-state index is -4.54. The fraction of sp³-hybridized carbons (Fsp3) is 0.308. The van der Waals surface area contributed by atoms with Gasteiger partial charge in [0.2, 0.25) is 0 Å². The number of anilines is 1. The number of nitrogens with zero attached hydrogens (tertiary/aromatic N) is 2. The molecule has 0 atom stereocenters. The Morgan fingerprint density at radius 1 is 1.16 bits per heavy atom. The minimum Gasteiger partial charge on any atom is -0.378 e. The highest BCUT2D eigenvalue weighted by molar-refractivity contribution is 5.86. The number of fused-ring (bicyclic) bond motifs is 1. The molecule has 2 rings (SSSR count). The maximum atomic E-state index is 12.9. The molecule has 19 heavy (non-hydrogen) atoms. The molecule has 0 aliphatic carbocycles. The van der Waals surface area contributed by atoms with Crippen LogP contribution in [0, 0.1) is 0 Å². The second-order valence-electron chi connectivity index (χ2n) is 4.55. The van der Waals surface area contributed by atoms with Crippen molar-refractivity contribution in [3.63, 3.8) is 0 Å². The van der Waals surface area contributed by atoms with Gasteiger partial charge >= 0.3 is 6.18 Å². The predicted octanol–water partition coefficient (Wildman–Crippen LogP) is 2.62. The highest BCUT2D eigenvalue weighted by atomic mass is 19.4. The summed E-state index contributed by atoms with van der Waals surface area (Å²) in [6.45, 7) is 0. The highest BCUT2D eigenvalue weighted by Crippen LogP contribution is 2.34. The summed E-state index contributed by atoms with van der Waals surface area (Å²) in [7, 11) is 5.03. The first-order valence-electron chi connectivity index (χ1n) is 5.60. The summed E-state index contributed by atoms with van der Waals surface area (Å²) in [5.74, 6) is 0. The Morgan fingerprint density at radius 2 is 1.79 bits per heavy atom. The fourth-order valence-corrected chi connectivity index (χ4v) is 1.95. The van der Waals surface area contributed by atoms with Gasteiger partial charge in [0.05, 0.1) is 11.1 Å². The van der Waals surface area contributed by atoms with Gasteiger partial charge in [-0.05, 0) is 12.1 Å². The van der Waals surface area contributed by atoms with Crippen molar-refractivity contribution in [1.29, 1.82) is 0 Å². The number of hydrogen-bond acceptors (Lipinski definition) is 2. The van der Waals surface area contributed by atoms with Crippen LogP contribution in [-0.4, -0.2) is 18.7 Å². The molecule has 0 amide bonds. The third kappa shape index (κ3) is 2.30. The summed E-state index contributed by atoms with van der Waals surface area (Å²) < 4.78 is 40.0. The third-order valence-electron chi connectivity index (χ3n) is 3.05. The van der Waals surface area contributed by atoms with Gasteiger partial charge in [-0.3, -0.25) is 4.79 Å². The Bertz CT molecular complexity index is 687. The van der Waals surface area contributed by atoms with Crippen LogP contribution < -0.4 is 10.5 Å². The molecule has 0 N–H and O–H groups in total. The van der Waals surface area contributed by atoms with Gasteiger partial charge in [0.25, 0.3) is 5.56 Å². The molecule has 0 fully saturated rings. The van der Waals surface area contributed by atoms with E-state index in [0.717, 1.165) is 5.69 Å². The van der Waals surface area contributed by atoms with E-state index in [-0.39, 0.29) is 10.9 Å². The van der Waals surface area contributed by atoms with E-state index in [9.17, 15) is 18.0 Å². The average Bonchev–Trinajstić information content (AvgIpc) is 2.31. The maximum Gasteiger partial charge on any atom is 0.417 e. The smallest absolute Gasteiger partial charge is 0.378 e. The summed E-state index contributed by atoms with van der Waals surface area (Å²) in [5.41, 5.74) is -0.556. The molecule has 1 heterocycles. The Balaban J connectivity index is 2.89. The number of rotatable bonds is 1. The summed E-state index contributed by atoms with van der Waals surface area (Å²) >= 11 is 0. The fourth-order valence-electron chi connectivity index (χ4n) is 1.95. The molecule has 0 aliphatic heterocycles. The lowest BCUT2D eigenvalue weighted by molar-refractivity contribution is -0.136. The summed E-state index contributed by atoms with van der Waals surface area (Å²) in [6, 6.07) is 5.21. The van der Waals surface area contributed by atoms with Gasteiger partial charge in [0.1, 0.15) is 0 Å². The molecule has 2 aromatic rings. The first-order chi connectivity index (χ1) is 8.71. The van der Waals surface area contributed by atoms with Crippen molar-refractivity contribution < 1.29 is 13.2 Å². The van der Waals surface area contributed by atoms with Crippen LogP contribution >= 0.6 is 0 Å². The van der Waals surface area contributed by atoms with Crippen molar-refractivity contribution in [3.8, 4) is 0 Å². The van der Waals surface area contributed by atoms with Crippen LogP contribution in [0.2, 0.25) is 0 Å². The lowest BCUT2D eigenvalue weighted by Crippen LogP contribution is -2.21. The summed E-state index contributed by atoms with van der Waals surface area (Å²) in [6.07, 6.45) is -4.54. The number of benzene rings is 1. The lowest BCUT2D eigenvalue weighted by Gasteiger charge is -2.17. The van der Waals surface area contributed by atoms with Crippen molar-refractivity contribution in [1.82, 2.24) is 4.57 Å². The van der Waals surface area contributed by atoms with Crippen molar-refractivity contribution >= 4 is 16.6 Å². The number of pyridine rings is 1. The number of alkyl halides is 3. The average molecular weight is 270 g/mol. The van der Waals surface area contributed by atoms with Gasteiger partial charge in [0.15, 0.2) is 0 Å². The topological polar surface area (TPSA) is 25.2 Å². The first-order valence-corrected chi connectivity index (χ1v) is 5.60. The molecule has 0 aliphatic rings. The number of hydrogen-bond donors (Lipinski definition) is 0. The molecular weight excluding hydrogens is 257 g/mol. The molecule has 0 unspecified atom stereocenters. The molecular formula is C13H13F3N2O. The monoisotopic (exact) mass is 270 g/mol. The molecule has 3 nitrogen and oxygen atoms in total. The molecule has 0 bridgehead atoms. The van der Waals surface area contributed by atoms with Crippen molar-refractivity contribution in [3.05, 3.63) is 40.2 Å². The number of aromatic nitrogens is 1. The van der Waals surface area contributed by atoms with E-state index < -0.39 is 17.3 Å². The molecule has 0 saturated carbocycles. The number of halogens is 3. The molecule has 0 saturated heterocycles. The molecule has 102 valence electrons. The van der Waals surface area contributed by atoms with Crippen LogP contribution in [0.1, 0.15) is 5.56 Å². The third-order valence-corrected chi connectivity index (χ3v) is 3.05. The van der Waals surface area contributed by atoms with Gasteiger partial charge in [-0.25, -0.2) is 0 Å². The lowest BCUT2D eigenvalue weighted by atomic mass is 10.1. The Morgan fingerprint density at radius 3 is 2.32 bits per heavy atom. The van der Waals surface area contributed by atoms with Crippen molar-refractivity contribution in [2.24, 2.45) is 7.05 Å². The standard InChI is InChI=1S/C13H13F3N2O/c1-17(2)8-4-5-9-10(13(14,15)16)7-12(19)18(3)11(9)6-8/h4-7H,1-3H3. The quantitative estimate of drug-likeness (QED) is 0.796. The molecule has 0 radical (unpaired) electrons. The van der Waals surface area contributed by atoms with E-state index in [2.05, 4.69) is 0 Å². The Hall–Kier alpha value is -1.98. The van der Waals surface area contributed by atoms with Crippen LogP contribution in [-0.2, 0) is 13.2 Å². The van der Waals surface area contributed by atoms with E-state index >= 15 is 0 Å². The second kappa shape index (κ2) is 4.29. The van der Waals surface area contributed by atoms with E-state index in [4.69, 9.17) is 0 Å². The van der Waals surface area contributed by atoms with Gasteiger partial charge < -0.3 is 9.47 Å². The minimum absolute atomic E-state index is 0.0280. The number of aryl methyl sites for hydroxylation is 1. The molecule has 1 aromatic heterocycles. The molecule has 1 aromatic carbocycles. The van der Waals surface area contributed by atoms with Gasteiger partial charge in [-0.1, -0.05) is 6.07 Å². The largest absolute Gasteiger partial charge is 0.417 e. The summed E-state index contributed by atoms with van der Waals surface area (Å²) in [4.78, 5) is 13.4. The first kappa shape index (κ1) is 13.5. The van der Waals surface area contributed by atoms with Gasteiger partial charge in [0, 0.05) is 38.3 Å². The SMILES string of the molecule is CN(C)c1ccc2c(C(F)(F)F)cc(=O)n(C)c2c1. The van der Waals surface area contributed by atoms with Crippen LogP contribution in [0.25, 0.3) is 10.9 Å².